The normalized spacial score (nSPS) is 17.6. The molecule has 0 amide bonds. The van der Waals surface area contributed by atoms with Crippen LogP contribution in [0.4, 0.5) is 0 Å². The van der Waals surface area contributed by atoms with Gasteiger partial charge in [0, 0.05) is 0 Å². The fourth-order valence-corrected chi connectivity index (χ4v) is 1.12. The van der Waals surface area contributed by atoms with E-state index in [0.717, 1.165) is 19.3 Å². The largest absolute Gasteiger partial charge is 0.386 e. The zero-order valence-corrected chi connectivity index (χ0v) is 7.22. The molecule has 0 aliphatic carbocycles. The van der Waals surface area contributed by atoms with Crippen molar-refractivity contribution < 1.29 is 5.11 Å². The molecule has 0 saturated heterocycles. The molecule has 0 aromatic heterocycles. The lowest BCUT2D eigenvalue weighted by atomic mass is 9.95. The van der Waals surface area contributed by atoms with Crippen molar-refractivity contribution in [2.24, 2.45) is 0 Å². The Labute approximate surface area is 63.8 Å². The van der Waals surface area contributed by atoms with Crippen LogP contribution in [0.15, 0.2) is 12.2 Å². The second kappa shape index (κ2) is 4.51. The van der Waals surface area contributed by atoms with Gasteiger partial charge in [0.05, 0.1) is 5.60 Å². The van der Waals surface area contributed by atoms with Gasteiger partial charge in [0.25, 0.3) is 0 Å². The molecule has 0 fully saturated rings. The Bertz CT molecular complexity index is 107. The van der Waals surface area contributed by atoms with Crippen molar-refractivity contribution in [2.75, 3.05) is 0 Å². The Morgan fingerprint density at radius 2 is 2.00 bits per heavy atom. The van der Waals surface area contributed by atoms with Gasteiger partial charge < -0.3 is 5.11 Å². The van der Waals surface area contributed by atoms with Crippen molar-refractivity contribution in [3.8, 4) is 0 Å². The minimum Gasteiger partial charge on any atom is -0.386 e. The summed E-state index contributed by atoms with van der Waals surface area (Å²) in [5.41, 5.74) is -0.538. The smallest absolute Gasteiger partial charge is 0.0824 e. The summed E-state index contributed by atoms with van der Waals surface area (Å²) in [6, 6.07) is 0. The van der Waals surface area contributed by atoms with Crippen LogP contribution < -0.4 is 0 Å². The third-order valence-corrected chi connectivity index (χ3v) is 1.77. The number of hydrogen-bond donors (Lipinski definition) is 1. The molecular formula is C9H18O. The molecule has 10 heavy (non-hydrogen) atoms. The minimum absolute atomic E-state index is 0.538. The van der Waals surface area contributed by atoms with Crippen molar-refractivity contribution in [1.82, 2.24) is 0 Å². The maximum atomic E-state index is 9.73. The molecule has 0 heterocycles. The van der Waals surface area contributed by atoms with Gasteiger partial charge in [-0.25, -0.2) is 0 Å². The first-order valence-electron chi connectivity index (χ1n) is 4.04. The first-order chi connectivity index (χ1) is 4.68. The molecule has 0 radical (unpaired) electrons. The van der Waals surface area contributed by atoms with Gasteiger partial charge in [-0.05, 0) is 19.8 Å². The quantitative estimate of drug-likeness (QED) is 0.598. The van der Waals surface area contributed by atoms with Gasteiger partial charge >= 0.3 is 0 Å². The second-order valence-electron chi connectivity index (χ2n) is 2.71. The average molecular weight is 142 g/mol. The molecule has 0 saturated carbocycles. The minimum atomic E-state index is -0.538. The lowest BCUT2D eigenvalue weighted by Gasteiger charge is -2.21. The summed E-state index contributed by atoms with van der Waals surface area (Å²) in [6.07, 6.45) is 6.52. The predicted octanol–water partition coefficient (Wildman–Crippen LogP) is 2.50. The van der Waals surface area contributed by atoms with E-state index in [1.165, 1.54) is 0 Å². The van der Waals surface area contributed by atoms with Crippen LogP contribution in [0.5, 0.6) is 0 Å². The standard InChI is InChI=1S/C9H18O/c1-4-7-9(10,6-3)8-5-2/h4,7,10H,5-6,8H2,1-3H3/b7-4+. The van der Waals surface area contributed by atoms with Gasteiger partial charge in [0.2, 0.25) is 0 Å². The summed E-state index contributed by atoms with van der Waals surface area (Å²) >= 11 is 0. The van der Waals surface area contributed by atoms with Crippen LogP contribution in [0.25, 0.3) is 0 Å². The van der Waals surface area contributed by atoms with E-state index < -0.39 is 5.60 Å². The highest BCUT2D eigenvalue weighted by Gasteiger charge is 2.18. The first-order valence-corrected chi connectivity index (χ1v) is 4.04. The van der Waals surface area contributed by atoms with E-state index in [4.69, 9.17) is 0 Å². The molecule has 1 nitrogen and oxygen atoms in total. The molecule has 0 aliphatic heterocycles. The van der Waals surface area contributed by atoms with Gasteiger partial charge in [0.15, 0.2) is 0 Å². The number of allylic oxidation sites excluding steroid dienone is 1. The molecule has 0 aromatic rings. The van der Waals surface area contributed by atoms with E-state index in [2.05, 4.69) is 6.92 Å². The molecule has 0 spiro atoms. The van der Waals surface area contributed by atoms with E-state index in [1.54, 1.807) is 0 Å². The van der Waals surface area contributed by atoms with Gasteiger partial charge in [-0.1, -0.05) is 32.4 Å². The first kappa shape index (κ1) is 9.70. The lowest BCUT2D eigenvalue weighted by Crippen LogP contribution is -2.23. The summed E-state index contributed by atoms with van der Waals surface area (Å²) in [5.74, 6) is 0. The van der Waals surface area contributed by atoms with E-state index in [0.29, 0.717) is 0 Å². The summed E-state index contributed by atoms with van der Waals surface area (Å²) < 4.78 is 0. The van der Waals surface area contributed by atoms with Crippen LogP contribution in [0.2, 0.25) is 0 Å². The molecule has 1 N–H and O–H groups in total. The second-order valence-corrected chi connectivity index (χ2v) is 2.71. The predicted molar refractivity (Wildman–Crippen MR) is 45.0 cm³/mol. The molecule has 1 unspecified atom stereocenters. The fourth-order valence-electron chi connectivity index (χ4n) is 1.12. The van der Waals surface area contributed by atoms with Crippen LogP contribution >= 0.6 is 0 Å². The summed E-state index contributed by atoms with van der Waals surface area (Å²) in [7, 11) is 0. The number of rotatable bonds is 4. The summed E-state index contributed by atoms with van der Waals surface area (Å²) in [5, 5.41) is 9.73. The van der Waals surface area contributed by atoms with Gasteiger partial charge in [0.1, 0.15) is 0 Å². The highest BCUT2D eigenvalue weighted by molar-refractivity contribution is 4.98. The van der Waals surface area contributed by atoms with Gasteiger partial charge in [-0.3, -0.25) is 0 Å². The van der Waals surface area contributed by atoms with E-state index >= 15 is 0 Å². The molecule has 0 bridgehead atoms. The average Bonchev–Trinajstić information content (AvgIpc) is 1.89. The molecule has 0 aromatic carbocycles. The highest BCUT2D eigenvalue weighted by Crippen LogP contribution is 2.18. The Morgan fingerprint density at radius 3 is 2.30 bits per heavy atom. The fraction of sp³-hybridized carbons (Fsp3) is 0.778. The van der Waals surface area contributed by atoms with E-state index in [-0.39, 0.29) is 0 Å². The van der Waals surface area contributed by atoms with Crippen LogP contribution in [-0.4, -0.2) is 10.7 Å². The van der Waals surface area contributed by atoms with Crippen molar-refractivity contribution in [1.29, 1.82) is 0 Å². The summed E-state index contributed by atoms with van der Waals surface area (Å²) in [6.45, 7) is 6.04. The van der Waals surface area contributed by atoms with Crippen LogP contribution in [0, 0.1) is 0 Å². The maximum absolute atomic E-state index is 9.73. The summed E-state index contributed by atoms with van der Waals surface area (Å²) in [4.78, 5) is 0. The SMILES string of the molecule is C/C=C/C(O)(CC)CCC. The third-order valence-electron chi connectivity index (χ3n) is 1.77. The topological polar surface area (TPSA) is 20.2 Å². The number of hydrogen-bond acceptors (Lipinski definition) is 1. The molecule has 60 valence electrons. The molecule has 1 heteroatoms. The highest BCUT2D eigenvalue weighted by atomic mass is 16.3. The molecule has 1 atom stereocenters. The zero-order chi connectivity index (χ0) is 8.04. The van der Waals surface area contributed by atoms with Crippen molar-refractivity contribution in [2.45, 2.75) is 45.6 Å². The molecule has 0 rings (SSSR count). The van der Waals surface area contributed by atoms with Gasteiger partial charge in [-0.15, -0.1) is 0 Å². The molecular weight excluding hydrogens is 124 g/mol. The van der Waals surface area contributed by atoms with Crippen LogP contribution in [0.1, 0.15) is 40.0 Å². The van der Waals surface area contributed by atoms with Crippen LogP contribution in [-0.2, 0) is 0 Å². The van der Waals surface area contributed by atoms with Crippen LogP contribution in [0.3, 0.4) is 0 Å². The van der Waals surface area contributed by atoms with Crippen molar-refractivity contribution >= 4 is 0 Å². The molecule has 0 aliphatic rings. The van der Waals surface area contributed by atoms with E-state index in [1.807, 2.05) is 26.0 Å². The van der Waals surface area contributed by atoms with Crippen molar-refractivity contribution in [3.63, 3.8) is 0 Å². The zero-order valence-electron chi connectivity index (χ0n) is 7.22. The Hall–Kier alpha value is -0.300. The Kier molecular flexibility index (Phi) is 4.37. The van der Waals surface area contributed by atoms with Gasteiger partial charge in [-0.2, -0.15) is 0 Å². The monoisotopic (exact) mass is 142 g/mol. The maximum Gasteiger partial charge on any atom is 0.0824 e. The Balaban J connectivity index is 3.94. The lowest BCUT2D eigenvalue weighted by molar-refractivity contribution is 0.0765. The van der Waals surface area contributed by atoms with Crippen molar-refractivity contribution in [3.05, 3.63) is 12.2 Å². The third kappa shape index (κ3) is 3.02. The Morgan fingerprint density at radius 1 is 1.40 bits per heavy atom. The number of aliphatic hydroxyl groups is 1. The van der Waals surface area contributed by atoms with E-state index in [9.17, 15) is 5.11 Å².